The number of hydrogen-bond donors (Lipinski definition) is 0. The molecule has 0 aromatic carbocycles. The molecule has 146 valence electrons. The van der Waals surface area contributed by atoms with Gasteiger partial charge in [-0.1, -0.05) is 0 Å². The fourth-order valence-corrected chi connectivity index (χ4v) is 5.07. The van der Waals surface area contributed by atoms with Gasteiger partial charge in [-0.05, 0) is 38.8 Å². The van der Waals surface area contributed by atoms with Crippen molar-refractivity contribution >= 4 is 28.6 Å². The lowest BCUT2D eigenvalue weighted by Crippen LogP contribution is -2.39. The number of aromatic nitrogens is 3. The van der Waals surface area contributed by atoms with Crippen LogP contribution in [0.2, 0.25) is 0 Å². The standard InChI is InChI=1S/C20H21FN4OS2/c1-12-19(28-13(2)23-12)17-11-27-18(24-17)9-16-4-3-14(10-22-16)20(26)25-7-5-15(21)6-8-25/h3-4,10-11,15H,5-9H2,1-2H3. The van der Waals surface area contributed by atoms with Crippen LogP contribution in [0.5, 0.6) is 0 Å². The van der Waals surface area contributed by atoms with Gasteiger partial charge in [0.05, 0.1) is 31.8 Å². The van der Waals surface area contributed by atoms with Crippen molar-refractivity contribution in [2.45, 2.75) is 39.3 Å². The summed E-state index contributed by atoms with van der Waals surface area (Å²) in [6.45, 7) is 4.95. The van der Waals surface area contributed by atoms with E-state index in [9.17, 15) is 9.18 Å². The van der Waals surface area contributed by atoms with E-state index in [4.69, 9.17) is 4.98 Å². The summed E-state index contributed by atoms with van der Waals surface area (Å²) in [6, 6.07) is 3.68. The molecule has 1 aliphatic rings. The van der Waals surface area contributed by atoms with Crippen LogP contribution in [0.3, 0.4) is 0 Å². The topological polar surface area (TPSA) is 59.0 Å². The second-order valence-electron chi connectivity index (χ2n) is 6.96. The van der Waals surface area contributed by atoms with Crippen molar-refractivity contribution in [3.8, 4) is 10.6 Å². The number of nitrogens with zero attached hydrogens (tertiary/aromatic N) is 4. The molecule has 3 aromatic rings. The van der Waals surface area contributed by atoms with Crippen LogP contribution < -0.4 is 0 Å². The molecule has 0 spiro atoms. The van der Waals surface area contributed by atoms with Crippen LogP contribution in [-0.4, -0.2) is 45.0 Å². The number of carbonyl (C=O) groups excluding carboxylic acids is 1. The number of likely N-dealkylation sites (tertiary alicyclic amines) is 1. The Labute approximate surface area is 171 Å². The maximum Gasteiger partial charge on any atom is 0.255 e. The predicted molar refractivity (Wildman–Crippen MR) is 110 cm³/mol. The summed E-state index contributed by atoms with van der Waals surface area (Å²) in [5, 5.41) is 4.08. The lowest BCUT2D eigenvalue weighted by atomic mass is 10.1. The fraction of sp³-hybridized carbons (Fsp3) is 0.400. The van der Waals surface area contributed by atoms with Crippen molar-refractivity contribution in [2.24, 2.45) is 0 Å². The van der Waals surface area contributed by atoms with Gasteiger partial charge in [-0.15, -0.1) is 22.7 Å². The van der Waals surface area contributed by atoms with E-state index in [-0.39, 0.29) is 5.91 Å². The molecule has 28 heavy (non-hydrogen) atoms. The molecule has 0 radical (unpaired) electrons. The Morgan fingerprint density at radius 3 is 2.68 bits per heavy atom. The molecule has 4 rings (SSSR count). The minimum absolute atomic E-state index is 0.0708. The van der Waals surface area contributed by atoms with Crippen molar-refractivity contribution in [1.82, 2.24) is 19.9 Å². The number of rotatable bonds is 4. The quantitative estimate of drug-likeness (QED) is 0.631. The maximum absolute atomic E-state index is 13.3. The number of pyridine rings is 1. The Bertz CT molecular complexity index is 975. The third-order valence-corrected chi connectivity index (χ3v) is 6.75. The van der Waals surface area contributed by atoms with Crippen molar-refractivity contribution in [3.63, 3.8) is 0 Å². The lowest BCUT2D eigenvalue weighted by molar-refractivity contribution is 0.0666. The van der Waals surface area contributed by atoms with Gasteiger partial charge in [0.25, 0.3) is 5.91 Å². The Morgan fingerprint density at radius 1 is 1.25 bits per heavy atom. The maximum atomic E-state index is 13.3. The van der Waals surface area contributed by atoms with Crippen molar-refractivity contribution in [2.75, 3.05) is 13.1 Å². The molecule has 0 N–H and O–H groups in total. The van der Waals surface area contributed by atoms with Gasteiger partial charge in [-0.25, -0.2) is 14.4 Å². The first kappa shape index (κ1) is 19.1. The number of thiazole rings is 2. The highest BCUT2D eigenvalue weighted by molar-refractivity contribution is 7.15. The van der Waals surface area contributed by atoms with E-state index >= 15 is 0 Å². The first-order chi connectivity index (χ1) is 13.5. The fourth-order valence-electron chi connectivity index (χ4n) is 3.31. The van der Waals surface area contributed by atoms with Gasteiger partial charge in [-0.2, -0.15) is 0 Å². The smallest absolute Gasteiger partial charge is 0.255 e. The molecule has 3 aromatic heterocycles. The highest BCUT2D eigenvalue weighted by Gasteiger charge is 2.23. The average Bonchev–Trinajstić information content (AvgIpc) is 3.28. The van der Waals surface area contributed by atoms with E-state index in [1.807, 2.05) is 19.9 Å². The van der Waals surface area contributed by atoms with E-state index in [0.717, 1.165) is 32.0 Å². The normalized spacial score (nSPS) is 15.2. The van der Waals surface area contributed by atoms with Gasteiger partial charge < -0.3 is 4.90 Å². The van der Waals surface area contributed by atoms with E-state index in [1.54, 1.807) is 39.8 Å². The zero-order valence-electron chi connectivity index (χ0n) is 15.8. The van der Waals surface area contributed by atoms with Crippen molar-refractivity contribution in [1.29, 1.82) is 0 Å². The minimum Gasteiger partial charge on any atom is -0.338 e. The number of halogens is 1. The Kier molecular flexibility index (Phi) is 5.50. The Morgan fingerprint density at radius 2 is 2.04 bits per heavy atom. The third kappa shape index (κ3) is 4.12. The molecule has 0 unspecified atom stereocenters. The van der Waals surface area contributed by atoms with E-state index in [1.165, 1.54) is 0 Å². The van der Waals surface area contributed by atoms with Crippen LogP contribution in [0, 0.1) is 13.8 Å². The molecule has 1 fully saturated rings. The van der Waals surface area contributed by atoms with Gasteiger partial charge >= 0.3 is 0 Å². The van der Waals surface area contributed by atoms with Crippen LogP contribution in [0.15, 0.2) is 23.7 Å². The molecule has 4 heterocycles. The first-order valence-corrected chi connectivity index (χ1v) is 11.0. The number of piperidine rings is 1. The molecule has 0 aliphatic carbocycles. The Balaban J connectivity index is 1.42. The molecular weight excluding hydrogens is 395 g/mol. The second-order valence-corrected chi connectivity index (χ2v) is 9.10. The molecule has 8 heteroatoms. The molecular formula is C20H21FN4OS2. The van der Waals surface area contributed by atoms with Gasteiger partial charge in [0, 0.05) is 36.8 Å². The lowest BCUT2D eigenvalue weighted by Gasteiger charge is -2.28. The summed E-state index contributed by atoms with van der Waals surface area (Å²) in [5.41, 5.74) is 3.40. The van der Waals surface area contributed by atoms with Crippen LogP contribution in [0.4, 0.5) is 4.39 Å². The van der Waals surface area contributed by atoms with Gasteiger partial charge in [0.15, 0.2) is 0 Å². The van der Waals surface area contributed by atoms with Crippen molar-refractivity contribution < 1.29 is 9.18 Å². The van der Waals surface area contributed by atoms with Crippen molar-refractivity contribution in [3.05, 3.63) is 50.7 Å². The summed E-state index contributed by atoms with van der Waals surface area (Å²) < 4.78 is 13.3. The largest absolute Gasteiger partial charge is 0.338 e. The monoisotopic (exact) mass is 416 g/mol. The van der Waals surface area contributed by atoms with Gasteiger partial charge in [0.2, 0.25) is 0 Å². The van der Waals surface area contributed by atoms with E-state index in [2.05, 4.69) is 15.3 Å². The highest BCUT2D eigenvalue weighted by Crippen LogP contribution is 2.31. The van der Waals surface area contributed by atoms with Crippen LogP contribution >= 0.6 is 22.7 Å². The molecule has 1 amide bonds. The predicted octanol–water partition coefficient (Wildman–Crippen LogP) is 4.44. The third-order valence-electron chi connectivity index (χ3n) is 4.80. The van der Waals surface area contributed by atoms with Gasteiger partial charge in [0.1, 0.15) is 6.17 Å². The average molecular weight is 417 g/mol. The number of amides is 1. The Hall–Kier alpha value is -2.19. The number of alkyl halides is 1. The summed E-state index contributed by atoms with van der Waals surface area (Å²) in [4.78, 5) is 29.0. The summed E-state index contributed by atoms with van der Waals surface area (Å²) in [7, 11) is 0. The van der Waals surface area contributed by atoms with Crippen LogP contribution in [0.1, 0.15) is 44.6 Å². The summed E-state index contributed by atoms with van der Waals surface area (Å²) in [6.07, 6.45) is 2.30. The molecule has 0 saturated carbocycles. The zero-order chi connectivity index (χ0) is 19.7. The van der Waals surface area contributed by atoms with Crippen LogP contribution in [0.25, 0.3) is 10.6 Å². The second kappa shape index (κ2) is 8.05. The minimum atomic E-state index is -0.787. The van der Waals surface area contributed by atoms with E-state index < -0.39 is 6.17 Å². The van der Waals surface area contributed by atoms with Crippen LogP contribution in [-0.2, 0) is 6.42 Å². The summed E-state index contributed by atoms with van der Waals surface area (Å²) in [5.74, 6) is -0.0708. The number of aryl methyl sites for hydroxylation is 2. The highest BCUT2D eigenvalue weighted by atomic mass is 32.1. The molecule has 1 saturated heterocycles. The molecule has 1 aliphatic heterocycles. The molecule has 0 atom stereocenters. The summed E-state index contributed by atoms with van der Waals surface area (Å²) >= 11 is 3.27. The zero-order valence-corrected chi connectivity index (χ0v) is 17.4. The number of carbonyl (C=O) groups is 1. The molecule has 5 nitrogen and oxygen atoms in total. The molecule has 0 bridgehead atoms. The van der Waals surface area contributed by atoms with Gasteiger partial charge in [-0.3, -0.25) is 9.78 Å². The first-order valence-electron chi connectivity index (χ1n) is 9.26. The SMILES string of the molecule is Cc1nc(C)c(-c2csc(Cc3ccc(C(=O)N4CCC(F)CC4)cn3)n2)s1. The van der Waals surface area contributed by atoms with E-state index in [0.29, 0.717) is 37.9 Å². The number of hydrogen-bond acceptors (Lipinski definition) is 6.